The Kier molecular flexibility index (Phi) is 6.50. The number of nitrogens with one attached hydrogen (secondary N) is 2. The molecule has 3 N–H and O–H groups in total. The number of amides is 1. The first-order valence-electron chi connectivity index (χ1n) is 10.0. The molecule has 0 saturated carbocycles. The number of carbonyl (C=O) groups excluding carboxylic acids is 1. The van der Waals surface area contributed by atoms with Crippen LogP contribution in [0.4, 0.5) is 0 Å². The summed E-state index contributed by atoms with van der Waals surface area (Å²) in [6.45, 7) is 0.480. The molecule has 6 heteroatoms. The Labute approximate surface area is 190 Å². The summed E-state index contributed by atoms with van der Waals surface area (Å²) in [4.78, 5) is 15.6. The summed E-state index contributed by atoms with van der Waals surface area (Å²) in [5.74, 6) is 0.0541. The number of hydrogen-bond donors (Lipinski definition) is 3. The second-order valence-corrected chi connectivity index (χ2v) is 8.43. The largest absolute Gasteiger partial charge is 0.494 e. The number of benzene rings is 3. The molecule has 4 nitrogen and oxygen atoms in total. The van der Waals surface area contributed by atoms with Crippen LogP contribution in [0.1, 0.15) is 22.7 Å². The fourth-order valence-electron chi connectivity index (χ4n) is 3.78. The normalized spacial score (nSPS) is 12.1. The summed E-state index contributed by atoms with van der Waals surface area (Å²) in [6, 6.07) is 22.9. The van der Waals surface area contributed by atoms with Crippen molar-refractivity contribution < 1.29 is 9.90 Å². The highest BCUT2D eigenvalue weighted by Gasteiger charge is 2.16. The van der Waals surface area contributed by atoms with Crippen LogP contribution in [0.2, 0.25) is 10.0 Å². The lowest BCUT2D eigenvalue weighted by Gasteiger charge is -2.19. The van der Waals surface area contributed by atoms with Crippen molar-refractivity contribution in [3.63, 3.8) is 0 Å². The minimum atomic E-state index is -0.109. The monoisotopic (exact) mass is 452 g/mol. The van der Waals surface area contributed by atoms with E-state index >= 15 is 0 Å². The van der Waals surface area contributed by atoms with Crippen LogP contribution in [-0.4, -0.2) is 22.5 Å². The summed E-state index contributed by atoms with van der Waals surface area (Å²) in [7, 11) is 0. The van der Waals surface area contributed by atoms with Gasteiger partial charge in [0, 0.05) is 39.0 Å². The molecule has 0 bridgehead atoms. The lowest BCUT2D eigenvalue weighted by Crippen LogP contribution is -2.30. The average Bonchev–Trinajstić information content (AvgIpc) is 3.08. The van der Waals surface area contributed by atoms with Crippen molar-refractivity contribution in [1.82, 2.24) is 10.3 Å². The molecule has 31 heavy (non-hydrogen) atoms. The molecule has 3 aromatic carbocycles. The maximum Gasteiger partial charge on any atom is 0.225 e. The molecule has 0 radical (unpaired) electrons. The third kappa shape index (κ3) is 5.22. The Morgan fingerprint density at radius 2 is 1.52 bits per heavy atom. The van der Waals surface area contributed by atoms with Gasteiger partial charge in [0.2, 0.25) is 5.91 Å². The summed E-state index contributed by atoms with van der Waals surface area (Å²) < 4.78 is 0. The molecule has 0 saturated heterocycles. The number of aromatic nitrogens is 1. The second kappa shape index (κ2) is 9.46. The van der Waals surface area contributed by atoms with Crippen molar-refractivity contribution >= 4 is 39.9 Å². The van der Waals surface area contributed by atoms with E-state index < -0.39 is 0 Å². The van der Waals surface area contributed by atoms with E-state index in [1.165, 1.54) is 0 Å². The molecule has 4 aromatic rings. The highest BCUT2D eigenvalue weighted by atomic mass is 35.5. The van der Waals surface area contributed by atoms with Crippen LogP contribution in [0.15, 0.2) is 72.8 Å². The van der Waals surface area contributed by atoms with E-state index in [4.69, 9.17) is 23.2 Å². The summed E-state index contributed by atoms with van der Waals surface area (Å²) in [5, 5.41) is 16.1. The first-order valence-corrected chi connectivity index (χ1v) is 10.8. The van der Waals surface area contributed by atoms with Gasteiger partial charge >= 0.3 is 0 Å². The molecular weight excluding hydrogens is 431 g/mol. The van der Waals surface area contributed by atoms with Gasteiger partial charge in [-0.1, -0.05) is 65.7 Å². The zero-order chi connectivity index (χ0) is 21.8. The van der Waals surface area contributed by atoms with Gasteiger partial charge in [-0.3, -0.25) is 4.79 Å². The third-order valence-corrected chi connectivity index (χ3v) is 5.90. The lowest BCUT2D eigenvalue weighted by molar-refractivity contribution is -0.120. The first-order chi connectivity index (χ1) is 15.0. The molecule has 158 valence electrons. The number of halogens is 2. The molecule has 1 aromatic heterocycles. The minimum absolute atomic E-state index is 0.0798. The van der Waals surface area contributed by atoms with Gasteiger partial charge in [0.15, 0.2) is 5.88 Å². The molecule has 0 unspecified atom stereocenters. The fourth-order valence-corrected chi connectivity index (χ4v) is 4.03. The lowest BCUT2D eigenvalue weighted by atomic mass is 9.92. The van der Waals surface area contributed by atoms with E-state index in [-0.39, 0.29) is 24.1 Å². The quantitative estimate of drug-likeness (QED) is 0.328. The smallest absolute Gasteiger partial charge is 0.225 e. The van der Waals surface area contributed by atoms with Crippen molar-refractivity contribution in [2.24, 2.45) is 0 Å². The number of carbonyl (C=O) groups is 1. The highest BCUT2D eigenvalue weighted by Crippen LogP contribution is 2.28. The molecule has 1 heterocycles. The van der Waals surface area contributed by atoms with Crippen LogP contribution >= 0.6 is 23.2 Å². The molecule has 0 spiro atoms. The molecule has 1 amide bonds. The van der Waals surface area contributed by atoms with Gasteiger partial charge in [0.25, 0.3) is 0 Å². The Morgan fingerprint density at radius 3 is 2.19 bits per heavy atom. The summed E-state index contributed by atoms with van der Waals surface area (Å²) in [5.41, 5.74) is 2.94. The fraction of sp³-hybridized carbons (Fsp3) is 0.160. The van der Waals surface area contributed by atoms with E-state index in [9.17, 15) is 9.90 Å². The summed E-state index contributed by atoms with van der Waals surface area (Å²) in [6.07, 6.45) is 0.917. The number of hydrogen-bond acceptors (Lipinski definition) is 2. The van der Waals surface area contributed by atoms with Crippen LogP contribution in [-0.2, 0) is 17.6 Å². The van der Waals surface area contributed by atoms with E-state index in [2.05, 4.69) is 10.3 Å². The van der Waals surface area contributed by atoms with Gasteiger partial charge in [-0.25, -0.2) is 0 Å². The zero-order valence-corrected chi connectivity index (χ0v) is 18.3. The van der Waals surface area contributed by atoms with Crippen molar-refractivity contribution in [2.45, 2.75) is 18.8 Å². The van der Waals surface area contributed by atoms with E-state index in [1.54, 1.807) is 0 Å². The topological polar surface area (TPSA) is 65.1 Å². The number of aromatic hydroxyl groups is 1. The molecule has 4 rings (SSSR count). The van der Waals surface area contributed by atoms with E-state index in [0.717, 1.165) is 22.9 Å². The Hall–Kier alpha value is -2.95. The molecular formula is C25H22Cl2N2O2. The minimum Gasteiger partial charge on any atom is -0.494 e. The molecule has 1 atom stereocenters. The van der Waals surface area contributed by atoms with E-state index in [1.807, 2.05) is 72.8 Å². The predicted octanol–water partition coefficient (Wildman–Crippen LogP) is 5.87. The Balaban J connectivity index is 1.47. The average molecular weight is 453 g/mol. The second-order valence-electron chi connectivity index (χ2n) is 7.56. The van der Waals surface area contributed by atoms with Crippen molar-refractivity contribution in [3.8, 4) is 5.88 Å². The number of fused-ring (bicyclic) bond motifs is 1. The SMILES string of the molecule is O=C(Cc1[nH]c(O)c2ccccc12)NC[C@H](Cc1ccc(Cl)cc1)c1ccc(Cl)cc1. The van der Waals surface area contributed by atoms with Gasteiger partial charge in [-0.2, -0.15) is 0 Å². The van der Waals surface area contributed by atoms with Crippen molar-refractivity contribution in [2.75, 3.05) is 6.54 Å². The third-order valence-electron chi connectivity index (χ3n) is 5.40. The summed E-state index contributed by atoms with van der Waals surface area (Å²) >= 11 is 12.1. The molecule has 0 fully saturated rings. The highest BCUT2D eigenvalue weighted by molar-refractivity contribution is 6.30. The van der Waals surface area contributed by atoms with Gasteiger partial charge in [-0.05, 0) is 47.9 Å². The predicted molar refractivity (Wildman–Crippen MR) is 126 cm³/mol. The van der Waals surface area contributed by atoms with Crippen LogP contribution in [0.5, 0.6) is 5.88 Å². The maximum absolute atomic E-state index is 12.7. The molecule has 0 aliphatic carbocycles. The maximum atomic E-state index is 12.7. The molecule has 0 aliphatic heterocycles. The number of aromatic amines is 1. The van der Waals surface area contributed by atoms with E-state index in [0.29, 0.717) is 27.7 Å². The molecule has 0 aliphatic rings. The van der Waals surface area contributed by atoms with Gasteiger partial charge < -0.3 is 15.4 Å². The van der Waals surface area contributed by atoms with Gasteiger partial charge in [0.1, 0.15) is 0 Å². The number of rotatable bonds is 7. The first kappa shape index (κ1) is 21.3. The zero-order valence-electron chi connectivity index (χ0n) is 16.7. The Bertz CT molecular complexity index is 1180. The van der Waals surface area contributed by atoms with Crippen LogP contribution in [0, 0.1) is 0 Å². The van der Waals surface area contributed by atoms with Gasteiger partial charge in [0.05, 0.1) is 6.42 Å². The standard InChI is InChI=1S/C25H22Cl2N2O2/c26-19-9-5-16(6-10-19)13-18(17-7-11-20(27)12-8-17)15-28-24(30)14-23-21-3-1-2-4-22(21)25(31)29-23/h1-12,18,29,31H,13-15H2,(H,28,30)/t18-/m0/s1. The van der Waals surface area contributed by atoms with Gasteiger partial charge in [-0.15, -0.1) is 0 Å². The Morgan fingerprint density at radius 1 is 0.903 bits per heavy atom. The number of H-pyrrole nitrogens is 1. The van der Waals surface area contributed by atoms with Crippen LogP contribution in [0.25, 0.3) is 10.8 Å². The van der Waals surface area contributed by atoms with Crippen LogP contribution < -0.4 is 5.32 Å². The van der Waals surface area contributed by atoms with Crippen molar-refractivity contribution in [3.05, 3.63) is 99.7 Å². The van der Waals surface area contributed by atoms with Crippen LogP contribution in [0.3, 0.4) is 0 Å². The van der Waals surface area contributed by atoms with Crippen molar-refractivity contribution in [1.29, 1.82) is 0 Å².